The van der Waals surface area contributed by atoms with Gasteiger partial charge in [0.1, 0.15) is 11.5 Å². The normalized spacial score (nSPS) is 22.0. The summed E-state index contributed by atoms with van der Waals surface area (Å²) in [6.07, 6.45) is 5.37. The smallest absolute Gasteiger partial charge is 0.272 e. The van der Waals surface area contributed by atoms with Gasteiger partial charge in [0.05, 0.1) is 0 Å². The van der Waals surface area contributed by atoms with E-state index in [9.17, 15) is 4.79 Å². The minimum atomic E-state index is 0.00951. The number of rotatable bonds is 2. The molecule has 6 nitrogen and oxygen atoms in total. The van der Waals surface area contributed by atoms with Gasteiger partial charge in [0.15, 0.2) is 0 Å². The lowest BCUT2D eigenvalue weighted by Gasteiger charge is -2.37. The van der Waals surface area contributed by atoms with E-state index < -0.39 is 0 Å². The summed E-state index contributed by atoms with van der Waals surface area (Å²) in [6, 6.07) is 2.35. The second-order valence-corrected chi connectivity index (χ2v) is 5.47. The van der Waals surface area contributed by atoms with Gasteiger partial charge in [-0.25, -0.2) is 0 Å². The number of carbonyl (C=O) groups is 1. The summed E-state index contributed by atoms with van der Waals surface area (Å²) in [5, 5.41) is 6.49. The summed E-state index contributed by atoms with van der Waals surface area (Å²) in [4.78, 5) is 16.6. The first-order valence-electron chi connectivity index (χ1n) is 7.08. The molecule has 19 heavy (non-hydrogen) atoms. The molecule has 0 aromatic carbocycles. The Kier molecular flexibility index (Phi) is 3.42. The van der Waals surface area contributed by atoms with Crippen LogP contribution in [-0.2, 0) is 0 Å². The van der Waals surface area contributed by atoms with E-state index in [1.165, 1.54) is 25.7 Å². The van der Waals surface area contributed by atoms with Crippen LogP contribution in [0.2, 0.25) is 0 Å². The Morgan fingerprint density at radius 2 is 1.95 bits per heavy atom. The largest absolute Gasteiger partial charge is 0.382 e. The minimum Gasteiger partial charge on any atom is -0.382 e. The van der Waals surface area contributed by atoms with Crippen molar-refractivity contribution in [1.29, 1.82) is 0 Å². The molecular formula is C13H21N5O. The van der Waals surface area contributed by atoms with Crippen LogP contribution in [-0.4, -0.2) is 58.1 Å². The molecule has 1 aromatic heterocycles. The van der Waals surface area contributed by atoms with Crippen LogP contribution in [0.1, 0.15) is 36.2 Å². The lowest BCUT2D eigenvalue weighted by molar-refractivity contribution is 0.0568. The zero-order chi connectivity index (χ0) is 13.2. The molecule has 0 bridgehead atoms. The molecule has 0 radical (unpaired) electrons. The molecule has 1 amide bonds. The average Bonchev–Trinajstić information content (AvgIpc) is 3.09. The van der Waals surface area contributed by atoms with Gasteiger partial charge in [-0.3, -0.25) is 14.8 Å². The molecule has 1 aliphatic heterocycles. The zero-order valence-electron chi connectivity index (χ0n) is 11.1. The van der Waals surface area contributed by atoms with Crippen LogP contribution in [0.5, 0.6) is 0 Å². The van der Waals surface area contributed by atoms with Crippen LogP contribution in [0.3, 0.4) is 0 Å². The lowest BCUT2D eigenvalue weighted by atomic mass is 10.1. The van der Waals surface area contributed by atoms with Crippen LogP contribution in [0, 0.1) is 0 Å². The Morgan fingerprint density at radius 3 is 2.53 bits per heavy atom. The van der Waals surface area contributed by atoms with E-state index in [0.29, 0.717) is 11.5 Å². The van der Waals surface area contributed by atoms with Gasteiger partial charge in [-0.15, -0.1) is 0 Å². The van der Waals surface area contributed by atoms with E-state index in [1.807, 2.05) is 4.90 Å². The van der Waals surface area contributed by atoms with Gasteiger partial charge in [0, 0.05) is 38.3 Å². The van der Waals surface area contributed by atoms with Gasteiger partial charge in [-0.2, -0.15) is 5.10 Å². The summed E-state index contributed by atoms with van der Waals surface area (Å²) in [7, 11) is 0. The number of nitrogens with zero attached hydrogens (tertiary/aromatic N) is 3. The molecule has 0 unspecified atom stereocenters. The molecule has 2 aliphatic rings. The first-order chi connectivity index (χ1) is 9.24. The summed E-state index contributed by atoms with van der Waals surface area (Å²) in [5.74, 6) is 0.378. The number of amides is 1. The maximum Gasteiger partial charge on any atom is 0.272 e. The maximum atomic E-state index is 12.2. The Labute approximate surface area is 112 Å². The molecule has 0 atom stereocenters. The number of nitrogens with two attached hydrogens (primary N) is 1. The van der Waals surface area contributed by atoms with Gasteiger partial charge in [0.25, 0.3) is 5.91 Å². The molecule has 1 aromatic rings. The average molecular weight is 263 g/mol. The number of hydrogen-bond acceptors (Lipinski definition) is 4. The van der Waals surface area contributed by atoms with Gasteiger partial charge in [0.2, 0.25) is 0 Å². The summed E-state index contributed by atoms with van der Waals surface area (Å²) in [5.41, 5.74) is 6.02. The number of nitrogen functional groups attached to an aromatic ring is 1. The third kappa shape index (κ3) is 2.58. The molecule has 2 heterocycles. The molecule has 2 fully saturated rings. The summed E-state index contributed by atoms with van der Waals surface area (Å²) < 4.78 is 0. The number of aromatic nitrogens is 2. The molecule has 3 rings (SSSR count). The van der Waals surface area contributed by atoms with E-state index in [1.54, 1.807) is 6.07 Å². The summed E-state index contributed by atoms with van der Waals surface area (Å²) in [6.45, 7) is 3.57. The fraction of sp³-hybridized carbons (Fsp3) is 0.692. The number of hydrogen-bond donors (Lipinski definition) is 2. The van der Waals surface area contributed by atoms with Crippen LogP contribution >= 0.6 is 0 Å². The van der Waals surface area contributed by atoms with Crippen molar-refractivity contribution in [2.24, 2.45) is 0 Å². The van der Waals surface area contributed by atoms with E-state index in [4.69, 9.17) is 5.73 Å². The van der Waals surface area contributed by atoms with Crippen molar-refractivity contribution in [3.05, 3.63) is 11.8 Å². The maximum absolute atomic E-state index is 12.2. The number of aromatic amines is 1. The van der Waals surface area contributed by atoms with Crippen LogP contribution < -0.4 is 5.73 Å². The number of nitrogens with one attached hydrogen (secondary N) is 1. The van der Waals surface area contributed by atoms with Crippen molar-refractivity contribution in [1.82, 2.24) is 20.0 Å². The van der Waals surface area contributed by atoms with Crippen molar-refractivity contribution in [3.63, 3.8) is 0 Å². The Bertz CT molecular complexity index is 444. The minimum absolute atomic E-state index is 0.00951. The van der Waals surface area contributed by atoms with Gasteiger partial charge >= 0.3 is 0 Å². The molecule has 1 aliphatic carbocycles. The first-order valence-corrected chi connectivity index (χ1v) is 7.08. The second kappa shape index (κ2) is 5.21. The molecule has 104 valence electrons. The van der Waals surface area contributed by atoms with Crippen molar-refractivity contribution >= 4 is 11.7 Å². The summed E-state index contributed by atoms with van der Waals surface area (Å²) >= 11 is 0. The van der Waals surface area contributed by atoms with Gasteiger partial charge in [-0.1, -0.05) is 12.8 Å². The molecule has 0 spiro atoms. The first kappa shape index (κ1) is 12.5. The fourth-order valence-corrected chi connectivity index (χ4v) is 3.18. The van der Waals surface area contributed by atoms with E-state index >= 15 is 0 Å². The Morgan fingerprint density at radius 1 is 1.26 bits per heavy atom. The van der Waals surface area contributed by atoms with E-state index in [-0.39, 0.29) is 5.91 Å². The number of H-pyrrole nitrogens is 1. The lowest BCUT2D eigenvalue weighted by Crippen LogP contribution is -2.51. The number of anilines is 1. The SMILES string of the molecule is Nc1cc(C(=O)N2CCN(C3CCCC3)CC2)[nH]n1. The Hall–Kier alpha value is -1.56. The monoisotopic (exact) mass is 263 g/mol. The highest BCUT2D eigenvalue weighted by atomic mass is 16.2. The molecule has 3 N–H and O–H groups in total. The molecule has 1 saturated carbocycles. The van der Waals surface area contributed by atoms with Gasteiger partial charge < -0.3 is 10.6 Å². The number of carbonyl (C=O) groups excluding carboxylic acids is 1. The third-order valence-corrected chi connectivity index (χ3v) is 4.27. The zero-order valence-corrected chi connectivity index (χ0v) is 11.1. The third-order valence-electron chi connectivity index (χ3n) is 4.27. The van der Waals surface area contributed by atoms with Crippen molar-refractivity contribution in [3.8, 4) is 0 Å². The molecular weight excluding hydrogens is 242 g/mol. The van der Waals surface area contributed by atoms with Crippen LogP contribution in [0.25, 0.3) is 0 Å². The van der Waals surface area contributed by atoms with E-state index in [0.717, 1.165) is 32.2 Å². The molecule has 1 saturated heterocycles. The Balaban J connectivity index is 1.56. The quantitative estimate of drug-likeness (QED) is 0.823. The molecule has 6 heteroatoms. The van der Waals surface area contributed by atoms with Crippen LogP contribution in [0.4, 0.5) is 5.82 Å². The van der Waals surface area contributed by atoms with Crippen molar-refractivity contribution < 1.29 is 4.79 Å². The highest BCUT2D eigenvalue weighted by Gasteiger charge is 2.28. The number of piperazine rings is 1. The highest BCUT2D eigenvalue weighted by Crippen LogP contribution is 2.24. The van der Waals surface area contributed by atoms with Crippen molar-refractivity contribution in [2.45, 2.75) is 31.7 Å². The topological polar surface area (TPSA) is 78.3 Å². The van der Waals surface area contributed by atoms with Gasteiger partial charge in [-0.05, 0) is 12.8 Å². The highest BCUT2D eigenvalue weighted by molar-refractivity contribution is 5.93. The standard InChI is InChI=1S/C13H21N5O/c14-12-9-11(15-16-12)13(19)18-7-5-17(6-8-18)10-3-1-2-4-10/h9-10H,1-8H2,(H3,14,15,16). The second-order valence-electron chi connectivity index (χ2n) is 5.47. The van der Waals surface area contributed by atoms with Crippen LogP contribution in [0.15, 0.2) is 6.07 Å². The predicted octanol–water partition coefficient (Wildman–Crippen LogP) is 0.692. The van der Waals surface area contributed by atoms with E-state index in [2.05, 4.69) is 15.1 Å². The predicted molar refractivity (Wildman–Crippen MR) is 72.7 cm³/mol. The fourth-order valence-electron chi connectivity index (χ4n) is 3.18. The van der Waals surface area contributed by atoms with Crippen molar-refractivity contribution in [2.75, 3.05) is 31.9 Å².